The van der Waals surface area contributed by atoms with Gasteiger partial charge in [-0.2, -0.15) is 0 Å². The smallest absolute Gasteiger partial charge is 0.248 e. The quantitative estimate of drug-likeness (QED) is 0.548. The molecule has 10 heteroatoms. The molecule has 1 aromatic carbocycles. The molecule has 21 heavy (non-hydrogen) atoms. The fourth-order valence-electron chi connectivity index (χ4n) is 1.50. The van der Waals surface area contributed by atoms with E-state index in [1.807, 2.05) is 0 Å². The van der Waals surface area contributed by atoms with Gasteiger partial charge >= 0.3 is 0 Å². The minimum Gasteiger partial charge on any atom is -0.398 e. The van der Waals surface area contributed by atoms with Gasteiger partial charge in [0.05, 0.1) is 11.4 Å². The maximum atomic E-state index is 12.0. The number of carbonyl (C=O) groups excluding carboxylic acids is 1. The summed E-state index contributed by atoms with van der Waals surface area (Å²) in [5.41, 5.74) is 10.6. The Balaban J connectivity index is 2.91. The molecule has 8 nitrogen and oxygen atoms in total. The van der Waals surface area contributed by atoms with E-state index in [0.717, 1.165) is 12.1 Å². The second-order valence-electron chi connectivity index (χ2n) is 4.25. The van der Waals surface area contributed by atoms with Crippen LogP contribution in [0.4, 0.5) is 5.69 Å². The van der Waals surface area contributed by atoms with Crippen LogP contribution in [0.25, 0.3) is 0 Å². The maximum Gasteiger partial charge on any atom is 0.248 e. The lowest BCUT2D eigenvalue weighted by atomic mass is 10.2. The zero-order chi connectivity index (χ0) is 16.3. The van der Waals surface area contributed by atoms with Crippen molar-refractivity contribution in [2.75, 3.05) is 23.8 Å². The monoisotopic (exact) mass is 335 g/mol. The van der Waals surface area contributed by atoms with Crippen LogP contribution in [0.2, 0.25) is 0 Å². The summed E-state index contributed by atoms with van der Waals surface area (Å²) in [7, 11) is -7.23. The van der Waals surface area contributed by atoms with E-state index in [1.54, 1.807) is 0 Å². The lowest BCUT2D eigenvalue weighted by Gasteiger charge is -2.09. The van der Waals surface area contributed by atoms with Gasteiger partial charge in [-0.3, -0.25) is 4.79 Å². The second kappa shape index (κ2) is 6.41. The number of nitrogens with two attached hydrogens (primary N) is 2. The summed E-state index contributed by atoms with van der Waals surface area (Å²) in [6.07, 6.45) is 0. The second-order valence-corrected chi connectivity index (χ2v) is 8.46. The molecule has 0 saturated carbocycles. The zero-order valence-corrected chi connectivity index (χ0v) is 13.0. The molecule has 0 unspecified atom stereocenters. The van der Waals surface area contributed by atoms with Crippen molar-refractivity contribution in [2.45, 2.75) is 11.8 Å². The molecule has 118 valence electrons. The van der Waals surface area contributed by atoms with Crippen molar-refractivity contribution in [1.82, 2.24) is 4.72 Å². The van der Waals surface area contributed by atoms with E-state index in [9.17, 15) is 21.6 Å². The van der Waals surface area contributed by atoms with Gasteiger partial charge in [-0.05, 0) is 18.2 Å². The Morgan fingerprint density at radius 3 is 2.33 bits per heavy atom. The molecule has 0 bridgehead atoms. The van der Waals surface area contributed by atoms with E-state index in [2.05, 4.69) is 4.72 Å². The predicted octanol–water partition coefficient (Wildman–Crippen LogP) is -0.919. The number of nitrogens with one attached hydrogen (secondary N) is 1. The van der Waals surface area contributed by atoms with Crippen LogP contribution in [-0.4, -0.2) is 40.8 Å². The topological polar surface area (TPSA) is 149 Å². The molecule has 0 radical (unpaired) electrons. The maximum absolute atomic E-state index is 12.0. The largest absolute Gasteiger partial charge is 0.398 e. The molecule has 1 aromatic rings. The summed E-state index contributed by atoms with van der Waals surface area (Å²) >= 11 is 0. The fraction of sp³-hybridized carbons (Fsp3) is 0.364. The molecule has 1 rings (SSSR count). The normalized spacial score (nSPS) is 12.2. The van der Waals surface area contributed by atoms with E-state index in [0.29, 0.717) is 0 Å². The number of carbonyl (C=O) groups is 1. The summed E-state index contributed by atoms with van der Waals surface area (Å²) in [4.78, 5) is 10.7. The first-order valence-electron chi connectivity index (χ1n) is 5.98. The van der Waals surface area contributed by atoms with Crippen molar-refractivity contribution < 1.29 is 21.6 Å². The first kappa shape index (κ1) is 17.4. The Labute approximate surface area is 123 Å². The lowest BCUT2D eigenvalue weighted by molar-refractivity contribution is 0.1000. The number of sulfonamides is 1. The van der Waals surface area contributed by atoms with Crippen LogP contribution in [0.15, 0.2) is 23.1 Å². The molecule has 0 heterocycles. The predicted molar refractivity (Wildman–Crippen MR) is 78.9 cm³/mol. The van der Waals surface area contributed by atoms with Gasteiger partial charge in [0, 0.05) is 17.9 Å². The standard InChI is InChI=1S/C11H17N3O5S2/c1-2-20(16,17)6-5-14-21(18,19)10-4-3-8(11(13)15)7-9(10)12/h3-4,7,14H,2,5-6,12H2,1H3,(H2,13,15). The van der Waals surface area contributed by atoms with Crippen LogP contribution in [0.1, 0.15) is 17.3 Å². The van der Waals surface area contributed by atoms with Crippen molar-refractivity contribution in [2.24, 2.45) is 5.73 Å². The van der Waals surface area contributed by atoms with Crippen molar-refractivity contribution in [3.05, 3.63) is 23.8 Å². The number of hydrogen-bond acceptors (Lipinski definition) is 6. The molecule has 5 N–H and O–H groups in total. The van der Waals surface area contributed by atoms with E-state index in [4.69, 9.17) is 11.5 Å². The van der Waals surface area contributed by atoms with E-state index < -0.39 is 25.8 Å². The van der Waals surface area contributed by atoms with Gasteiger partial charge in [0.25, 0.3) is 0 Å². The van der Waals surface area contributed by atoms with Gasteiger partial charge < -0.3 is 11.5 Å². The highest BCUT2D eigenvalue weighted by molar-refractivity contribution is 7.91. The van der Waals surface area contributed by atoms with Crippen molar-refractivity contribution in [3.63, 3.8) is 0 Å². The van der Waals surface area contributed by atoms with Gasteiger partial charge in [0.1, 0.15) is 4.90 Å². The molecular formula is C11H17N3O5S2. The number of amides is 1. The molecule has 0 fully saturated rings. The van der Waals surface area contributed by atoms with Crippen LogP contribution in [-0.2, 0) is 19.9 Å². The van der Waals surface area contributed by atoms with Gasteiger partial charge in [0.15, 0.2) is 9.84 Å². The Morgan fingerprint density at radius 2 is 1.86 bits per heavy atom. The number of rotatable bonds is 7. The highest BCUT2D eigenvalue weighted by Gasteiger charge is 2.19. The number of benzene rings is 1. The van der Waals surface area contributed by atoms with Crippen molar-refractivity contribution in [3.8, 4) is 0 Å². The molecule has 1 amide bonds. The highest BCUT2D eigenvalue weighted by atomic mass is 32.2. The van der Waals surface area contributed by atoms with Crippen LogP contribution >= 0.6 is 0 Å². The van der Waals surface area contributed by atoms with Crippen LogP contribution in [0.5, 0.6) is 0 Å². The Kier molecular flexibility index (Phi) is 5.31. The van der Waals surface area contributed by atoms with Crippen LogP contribution < -0.4 is 16.2 Å². The SMILES string of the molecule is CCS(=O)(=O)CCNS(=O)(=O)c1ccc(C(N)=O)cc1N. The number of anilines is 1. The average molecular weight is 335 g/mol. The summed E-state index contributed by atoms with van der Waals surface area (Å²) in [5, 5.41) is 0. The minimum absolute atomic E-state index is 0.0653. The van der Waals surface area contributed by atoms with Crippen LogP contribution in [0, 0.1) is 0 Å². The fourth-order valence-corrected chi connectivity index (χ4v) is 3.47. The summed E-state index contributed by atoms with van der Waals surface area (Å²) in [5.74, 6) is -1.10. The molecule has 0 aliphatic heterocycles. The summed E-state index contributed by atoms with van der Waals surface area (Å²) in [6, 6.07) is 3.53. The first-order valence-corrected chi connectivity index (χ1v) is 9.29. The Bertz CT molecular complexity index is 741. The number of primary amides is 1. The van der Waals surface area contributed by atoms with E-state index in [-0.39, 0.29) is 34.2 Å². The van der Waals surface area contributed by atoms with E-state index >= 15 is 0 Å². The molecule has 0 saturated heterocycles. The van der Waals surface area contributed by atoms with E-state index in [1.165, 1.54) is 13.0 Å². The molecule has 0 aliphatic carbocycles. The van der Waals surface area contributed by atoms with Gasteiger partial charge in [-0.1, -0.05) is 6.92 Å². The summed E-state index contributed by atoms with van der Waals surface area (Å²) < 4.78 is 48.8. The highest BCUT2D eigenvalue weighted by Crippen LogP contribution is 2.19. The van der Waals surface area contributed by atoms with Crippen molar-refractivity contribution >= 4 is 31.5 Å². The Hall–Kier alpha value is -1.65. The number of nitrogen functional groups attached to an aromatic ring is 1. The van der Waals surface area contributed by atoms with Gasteiger partial charge in [-0.15, -0.1) is 0 Å². The third kappa shape index (κ3) is 4.69. The molecule has 0 spiro atoms. The number of hydrogen-bond donors (Lipinski definition) is 3. The van der Waals surface area contributed by atoms with Crippen molar-refractivity contribution in [1.29, 1.82) is 0 Å². The first-order chi connectivity index (χ1) is 9.59. The zero-order valence-electron chi connectivity index (χ0n) is 11.4. The lowest BCUT2D eigenvalue weighted by Crippen LogP contribution is -2.30. The molecule has 0 aliphatic rings. The average Bonchev–Trinajstić information content (AvgIpc) is 2.37. The summed E-state index contributed by atoms with van der Waals surface area (Å²) in [6.45, 7) is 1.22. The molecule has 0 aromatic heterocycles. The minimum atomic E-state index is -3.96. The third-order valence-electron chi connectivity index (χ3n) is 2.73. The van der Waals surface area contributed by atoms with Gasteiger partial charge in [-0.25, -0.2) is 21.6 Å². The molecular weight excluding hydrogens is 318 g/mol. The van der Waals surface area contributed by atoms with Gasteiger partial charge in [0.2, 0.25) is 15.9 Å². The van der Waals surface area contributed by atoms with Crippen LogP contribution in [0.3, 0.4) is 0 Å². The molecule has 0 atom stereocenters. The third-order valence-corrected chi connectivity index (χ3v) is 5.97. The Morgan fingerprint density at radius 1 is 1.24 bits per heavy atom. The number of sulfone groups is 1.